The molecule has 2 amide bonds. The zero-order valence-electron chi connectivity index (χ0n) is 18.3. The lowest BCUT2D eigenvalue weighted by atomic mass is 10.2. The number of nitro groups is 1. The maximum Gasteiger partial charge on any atom is 0.271 e. The van der Waals surface area contributed by atoms with Crippen molar-refractivity contribution in [1.29, 1.82) is 0 Å². The SMILES string of the molecule is Cc1ccc([N+](=O)[O-])cc1NC(=O)CSc1nnc(CNC(=O)/C=C/c2ccccc2Cl)n1C. The van der Waals surface area contributed by atoms with Gasteiger partial charge in [0.25, 0.3) is 5.69 Å². The molecule has 0 aliphatic heterocycles. The number of hydrogen-bond donors (Lipinski definition) is 2. The number of anilines is 1. The molecule has 1 aromatic heterocycles. The van der Waals surface area contributed by atoms with Gasteiger partial charge in [-0.05, 0) is 30.2 Å². The van der Waals surface area contributed by atoms with Crippen molar-refractivity contribution in [2.24, 2.45) is 7.05 Å². The number of halogens is 1. The minimum absolute atomic E-state index is 0.0288. The van der Waals surface area contributed by atoms with Crippen LogP contribution in [0.25, 0.3) is 6.08 Å². The lowest BCUT2D eigenvalue weighted by Crippen LogP contribution is -2.22. The van der Waals surface area contributed by atoms with Crippen molar-refractivity contribution in [3.05, 3.63) is 80.6 Å². The maximum atomic E-state index is 12.3. The summed E-state index contributed by atoms with van der Waals surface area (Å²) in [4.78, 5) is 34.9. The van der Waals surface area contributed by atoms with Crippen molar-refractivity contribution in [2.75, 3.05) is 11.1 Å². The van der Waals surface area contributed by atoms with E-state index in [-0.39, 0.29) is 29.8 Å². The van der Waals surface area contributed by atoms with Crippen LogP contribution in [-0.4, -0.2) is 37.3 Å². The molecule has 176 valence electrons. The van der Waals surface area contributed by atoms with E-state index in [0.717, 1.165) is 17.3 Å². The van der Waals surface area contributed by atoms with Gasteiger partial charge in [-0.15, -0.1) is 10.2 Å². The number of hydrogen-bond acceptors (Lipinski definition) is 7. The number of thioether (sulfide) groups is 1. The molecular weight excluding hydrogens is 480 g/mol. The molecule has 0 fully saturated rings. The Kier molecular flexibility index (Phi) is 8.39. The number of nitro benzene ring substituents is 1. The van der Waals surface area contributed by atoms with E-state index in [4.69, 9.17) is 11.6 Å². The molecule has 0 saturated heterocycles. The fourth-order valence-electron chi connectivity index (χ4n) is 2.80. The van der Waals surface area contributed by atoms with E-state index in [1.165, 1.54) is 18.2 Å². The molecule has 3 aromatic rings. The zero-order chi connectivity index (χ0) is 24.7. The molecule has 0 atom stereocenters. The van der Waals surface area contributed by atoms with E-state index in [1.54, 1.807) is 42.8 Å². The number of aromatic nitrogens is 3. The fourth-order valence-corrected chi connectivity index (χ4v) is 3.73. The highest BCUT2D eigenvalue weighted by atomic mass is 35.5. The van der Waals surface area contributed by atoms with E-state index in [9.17, 15) is 19.7 Å². The van der Waals surface area contributed by atoms with E-state index in [0.29, 0.717) is 27.3 Å². The van der Waals surface area contributed by atoms with Crippen molar-refractivity contribution in [2.45, 2.75) is 18.6 Å². The quantitative estimate of drug-likeness (QED) is 0.198. The Bertz CT molecular complexity index is 1260. The van der Waals surface area contributed by atoms with Crippen molar-refractivity contribution in [3.63, 3.8) is 0 Å². The molecule has 0 aliphatic carbocycles. The number of rotatable bonds is 9. The van der Waals surface area contributed by atoms with Gasteiger partial charge in [0, 0.05) is 30.3 Å². The Hall–Kier alpha value is -3.70. The minimum Gasteiger partial charge on any atom is -0.345 e. The third kappa shape index (κ3) is 6.65. The van der Waals surface area contributed by atoms with Crippen LogP contribution < -0.4 is 10.6 Å². The van der Waals surface area contributed by atoms with Gasteiger partial charge in [-0.2, -0.15) is 0 Å². The third-order valence-electron chi connectivity index (χ3n) is 4.70. The number of amides is 2. The number of benzene rings is 2. The number of non-ortho nitro benzene ring substituents is 1. The summed E-state index contributed by atoms with van der Waals surface area (Å²) >= 11 is 7.22. The molecule has 0 unspecified atom stereocenters. The van der Waals surface area contributed by atoms with Gasteiger partial charge in [-0.3, -0.25) is 19.7 Å². The first-order chi connectivity index (χ1) is 16.2. The molecule has 0 saturated carbocycles. The minimum atomic E-state index is -0.518. The van der Waals surface area contributed by atoms with Crippen molar-refractivity contribution < 1.29 is 14.5 Å². The summed E-state index contributed by atoms with van der Waals surface area (Å²) in [6.45, 7) is 1.90. The Morgan fingerprint density at radius 2 is 2.00 bits per heavy atom. The van der Waals surface area contributed by atoms with Crippen LogP contribution in [0.15, 0.2) is 53.7 Å². The van der Waals surface area contributed by atoms with Gasteiger partial charge < -0.3 is 15.2 Å². The van der Waals surface area contributed by atoms with Crippen molar-refractivity contribution in [1.82, 2.24) is 20.1 Å². The average molecular weight is 501 g/mol. The van der Waals surface area contributed by atoms with Gasteiger partial charge in [0.1, 0.15) is 0 Å². The van der Waals surface area contributed by atoms with E-state index < -0.39 is 4.92 Å². The first-order valence-electron chi connectivity index (χ1n) is 10.0. The molecule has 0 spiro atoms. The average Bonchev–Trinajstić information content (AvgIpc) is 3.16. The van der Waals surface area contributed by atoms with Crippen molar-refractivity contribution in [3.8, 4) is 0 Å². The molecule has 3 rings (SSSR count). The summed E-state index contributed by atoms with van der Waals surface area (Å²) < 4.78 is 1.68. The van der Waals surface area contributed by atoms with Crippen LogP contribution in [0.1, 0.15) is 17.0 Å². The largest absolute Gasteiger partial charge is 0.345 e. The molecule has 1 heterocycles. The summed E-state index contributed by atoms with van der Waals surface area (Å²) in [5.41, 5.74) is 1.72. The van der Waals surface area contributed by atoms with Gasteiger partial charge >= 0.3 is 0 Å². The van der Waals surface area contributed by atoms with Crippen LogP contribution in [0.4, 0.5) is 11.4 Å². The first-order valence-corrected chi connectivity index (χ1v) is 11.4. The maximum absolute atomic E-state index is 12.3. The zero-order valence-corrected chi connectivity index (χ0v) is 19.9. The van der Waals surface area contributed by atoms with E-state index in [2.05, 4.69) is 20.8 Å². The molecule has 10 nitrogen and oxygen atoms in total. The van der Waals surface area contributed by atoms with E-state index >= 15 is 0 Å². The molecule has 2 N–H and O–H groups in total. The van der Waals surface area contributed by atoms with Crippen LogP contribution in [0.5, 0.6) is 0 Å². The Morgan fingerprint density at radius 3 is 2.74 bits per heavy atom. The topological polar surface area (TPSA) is 132 Å². The third-order valence-corrected chi connectivity index (χ3v) is 6.07. The second-order valence-corrected chi connectivity index (χ2v) is 8.47. The predicted molar refractivity (Wildman–Crippen MR) is 131 cm³/mol. The van der Waals surface area contributed by atoms with E-state index in [1.807, 2.05) is 12.1 Å². The van der Waals surface area contributed by atoms with Crippen LogP contribution in [-0.2, 0) is 23.2 Å². The van der Waals surface area contributed by atoms with Crippen LogP contribution in [0, 0.1) is 17.0 Å². The molecule has 0 aliphatic rings. The highest BCUT2D eigenvalue weighted by Gasteiger charge is 2.14. The standard InChI is InChI=1S/C22H21ClN6O4S/c1-14-7-9-16(29(32)33)11-18(14)25-21(31)13-34-22-27-26-19(28(22)2)12-24-20(30)10-8-15-5-3-4-6-17(15)23/h3-11H,12-13H2,1-2H3,(H,24,30)(H,25,31)/b10-8+. The normalized spacial score (nSPS) is 10.9. The van der Waals surface area contributed by atoms with Crippen molar-refractivity contribution >= 4 is 52.6 Å². The number of carbonyl (C=O) groups excluding carboxylic acids is 2. The second-order valence-electron chi connectivity index (χ2n) is 7.12. The Labute approximate surface area is 204 Å². The summed E-state index contributed by atoms with van der Waals surface area (Å²) in [5, 5.41) is 25.5. The lowest BCUT2D eigenvalue weighted by molar-refractivity contribution is -0.384. The number of nitrogens with one attached hydrogen (secondary N) is 2. The molecule has 0 bridgehead atoms. The summed E-state index contributed by atoms with van der Waals surface area (Å²) in [6, 6.07) is 11.5. The summed E-state index contributed by atoms with van der Waals surface area (Å²) in [6.07, 6.45) is 3.00. The number of carbonyl (C=O) groups is 2. The van der Waals surface area contributed by atoms with Gasteiger partial charge in [0.05, 0.1) is 22.9 Å². The first kappa shape index (κ1) is 24.9. The molecule has 34 heavy (non-hydrogen) atoms. The molecular formula is C22H21ClN6O4S. The smallest absolute Gasteiger partial charge is 0.271 e. The molecule has 0 radical (unpaired) electrons. The molecule has 2 aromatic carbocycles. The van der Waals surface area contributed by atoms with Crippen LogP contribution in [0.3, 0.4) is 0 Å². The highest BCUT2D eigenvalue weighted by molar-refractivity contribution is 7.99. The Morgan fingerprint density at radius 1 is 1.24 bits per heavy atom. The second kappa shape index (κ2) is 11.4. The van der Waals surface area contributed by atoms with Gasteiger partial charge in [-0.25, -0.2) is 0 Å². The highest BCUT2D eigenvalue weighted by Crippen LogP contribution is 2.23. The van der Waals surface area contributed by atoms with Crippen LogP contribution in [0.2, 0.25) is 5.02 Å². The van der Waals surface area contributed by atoms with Crippen LogP contribution >= 0.6 is 23.4 Å². The summed E-state index contributed by atoms with van der Waals surface area (Å²) in [5.74, 6) is -0.113. The number of nitrogens with zero attached hydrogens (tertiary/aromatic N) is 4. The Balaban J connectivity index is 1.52. The monoisotopic (exact) mass is 500 g/mol. The molecule has 12 heteroatoms. The number of aryl methyl sites for hydroxylation is 1. The van der Waals surface area contributed by atoms with Gasteiger partial charge in [0.2, 0.25) is 11.8 Å². The fraction of sp³-hybridized carbons (Fsp3) is 0.182. The summed E-state index contributed by atoms with van der Waals surface area (Å²) in [7, 11) is 1.73. The van der Waals surface area contributed by atoms with Gasteiger partial charge in [0.15, 0.2) is 11.0 Å². The predicted octanol–water partition coefficient (Wildman–Crippen LogP) is 3.75. The van der Waals surface area contributed by atoms with Gasteiger partial charge in [-0.1, -0.05) is 47.6 Å². The lowest BCUT2D eigenvalue weighted by Gasteiger charge is -2.08.